The second-order valence-electron chi connectivity index (χ2n) is 8.83. The van der Waals surface area contributed by atoms with Crippen LogP contribution in [0.1, 0.15) is 13.8 Å². The molecule has 37 heavy (non-hydrogen) atoms. The van der Waals surface area contributed by atoms with Crippen LogP contribution >= 0.6 is 0 Å². The van der Waals surface area contributed by atoms with Crippen LogP contribution in [0.3, 0.4) is 0 Å². The predicted molar refractivity (Wildman–Crippen MR) is 138 cm³/mol. The van der Waals surface area contributed by atoms with Crippen LogP contribution in [0.15, 0.2) is 67.0 Å². The molecule has 11 heteroatoms. The molecular weight excluding hydrogens is 500 g/mol. The normalized spacial score (nSPS) is 11.5. The van der Waals surface area contributed by atoms with Gasteiger partial charge in [0, 0.05) is 12.1 Å². The zero-order valence-electron chi connectivity index (χ0n) is 20.4. The van der Waals surface area contributed by atoms with E-state index in [-0.39, 0.29) is 11.4 Å². The van der Waals surface area contributed by atoms with Crippen molar-refractivity contribution in [2.45, 2.75) is 20.4 Å². The van der Waals surface area contributed by atoms with E-state index in [0.29, 0.717) is 29.3 Å². The van der Waals surface area contributed by atoms with Gasteiger partial charge in [0.15, 0.2) is 5.65 Å². The molecule has 0 radical (unpaired) electrons. The number of nitrogens with one attached hydrogen (secondary N) is 1. The molecule has 0 saturated carbocycles. The van der Waals surface area contributed by atoms with Crippen molar-refractivity contribution in [2.75, 3.05) is 6.26 Å². The Hall–Kier alpha value is -3.96. The van der Waals surface area contributed by atoms with E-state index < -0.39 is 21.8 Å². The topological polar surface area (TPSA) is 114 Å². The number of pyridine rings is 1. The smallest absolute Gasteiger partial charge is 0.261 e. The van der Waals surface area contributed by atoms with Gasteiger partial charge in [0.2, 0.25) is 0 Å². The van der Waals surface area contributed by atoms with Gasteiger partial charge in [0.05, 0.1) is 35.2 Å². The average molecular weight is 526 g/mol. The Morgan fingerprint density at radius 3 is 2.24 bits per heavy atom. The van der Waals surface area contributed by atoms with Gasteiger partial charge in [-0.15, -0.1) is 0 Å². The fourth-order valence-corrected chi connectivity index (χ4v) is 3.81. The van der Waals surface area contributed by atoms with Crippen LogP contribution in [-0.4, -0.2) is 43.7 Å². The van der Waals surface area contributed by atoms with Gasteiger partial charge in [0.1, 0.15) is 23.0 Å². The number of rotatable bonds is 5. The first-order chi connectivity index (χ1) is 17.5. The van der Waals surface area contributed by atoms with Gasteiger partial charge in [-0.2, -0.15) is 8.42 Å². The molecule has 2 aromatic carbocycles. The molecule has 0 aliphatic heterocycles. The van der Waals surface area contributed by atoms with E-state index in [0.717, 1.165) is 23.3 Å². The second kappa shape index (κ2) is 10.6. The van der Waals surface area contributed by atoms with Gasteiger partial charge in [-0.05, 0) is 30.2 Å². The summed E-state index contributed by atoms with van der Waals surface area (Å²) in [6.45, 7) is 5.05. The van der Waals surface area contributed by atoms with Crippen molar-refractivity contribution in [1.82, 2.24) is 24.5 Å². The number of hydrogen-bond acceptors (Lipinski definition) is 5. The Kier molecular flexibility index (Phi) is 7.46. The molecule has 0 fully saturated rings. The monoisotopic (exact) mass is 525 g/mol. The van der Waals surface area contributed by atoms with E-state index >= 15 is 0 Å². The molecule has 2 N–H and O–H groups in total. The van der Waals surface area contributed by atoms with Gasteiger partial charge in [-0.1, -0.05) is 50.2 Å². The van der Waals surface area contributed by atoms with Crippen LogP contribution in [0, 0.1) is 17.6 Å². The minimum atomic E-state index is -3.67. The Morgan fingerprint density at radius 2 is 1.62 bits per heavy atom. The lowest BCUT2D eigenvalue weighted by molar-refractivity contribution is 0.490. The summed E-state index contributed by atoms with van der Waals surface area (Å²) in [7, 11) is -3.67. The molecule has 0 atom stereocenters. The summed E-state index contributed by atoms with van der Waals surface area (Å²) in [5, 5.41) is 0. The highest BCUT2D eigenvalue weighted by Crippen LogP contribution is 2.34. The van der Waals surface area contributed by atoms with Crippen molar-refractivity contribution < 1.29 is 21.8 Å². The van der Waals surface area contributed by atoms with E-state index in [1.54, 1.807) is 6.33 Å². The number of aromatic nitrogens is 5. The number of nitrogens with zero attached hydrogens (tertiary/aromatic N) is 4. The maximum Gasteiger partial charge on any atom is 0.261 e. The van der Waals surface area contributed by atoms with E-state index in [4.69, 9.17) is 9.54 Å². The largest absolute Gasteiger partial charge is 0.336 e. The molecule has 0 bridgehead atoms. The third kappa shape index (κ3) is 6.25. The maximum atomic E-state index is 14.5. The molecule has 0 spiro atoms. The number of benzene rings is 2. The van der Waals surface area contributed by atoms with Crippen molar-refractivity contribution >= 4 is 21.3 Å². The maximum absolute atomic E-state index is 14.5. The lowest BCUT2D eigenvalue weighted by Crippen LogP contribution is -2.04. The Morgan fingerprint density at radius 1 is 0.973 bits per heavy atom. The molecule has 0 amide bonds. The van der Waals surface area contributed by atoms with E-state index in [1.807, 2.05) is 47.0 Å². The zero-order valence-corrected chi connectivity index (χ0v) is 21.2. The van der Waals surface area contributed by atoms with Crippen molar-refractivity contribution in [2.24, 2.45) is 5.92 Å². The highest BCUT2D eigenvalue weighted by atomic mass is 32.2. The lowest BCUT2D eigenvalue weighted by Gasteiger charge is -2.08. The summed E-state index contributed by atoms with van der Waals surface area (Å²) in [6.07, 6.45) is 2.50. The standard InChI is InChI=1S/C25H21F2N5.CH4O3S/c1-15(2)13-32-14-28-20-12-11-19(29-25(20)32)23-22(16-7-4-3-5-8-16)30-24(31-23)21-17(26)9-6-10-18(21)27;1-5(2,3)4/h3-12,14-15H,13H2,1-2H3,(H,30,31);1H3,(H,2,3,4). The molecule has 192 valence electrons. The Bertz CT molecular complexity index is 1620. The molecule has 8 nitrogen and oxygen atoms in total. The van der Waals surface area contributed by atoms with Crippen molar-refractivity contribution in [1.29, 1.82) is 0 Å². The van der Waals surface area contributed by atoms with Crippen LogP contribution in [0.5, 0.6) is 0 Å². The van der Waals surface area contributed by atoms with E-state index in [9.17, 15) is 17.2 Å². The summed E-state index contributed by atoms with van der Waals surface area (Å²) in [5.41, 5.74) is 3.95. The van der Waals surface area contributed by atoms with Crippen molar-refractivity contribution in [3.05, 3.63) is 78.6 Å². The predicted octanol–water partition coefficient (Wildman–Crippen LogP) is 5.59. The van der Waals surface area contributed by atoms with Gasteiger partial charge in [0.25, 0.3) is 10.1 Å². The van der Waals surface area contributed by atoms with Gasteiger partial charge < -0.3 is 9.55 Å². The lowest BCUT2D eigenvalue weighted by atomic mass is 10.1. The van der Waals surface area contributed by atoms with Gasteiger partial charge in [-0.25, -0.2) is 23.7 Å². The van der Waals surface area contributed by atoms with Gasteiger partial charge in [-0.3, -0.25) is 4.55 Å². The molecular formula is C26H25F2N5O3S. The number of imidazole rings is 2. The van der Waals surface area contributed by atoms with Crippen LogP contribution in [0.25, 0.3) is 45.2 Å². The summed E-state index contributed by atoms with van der Waals surface area (Å²) in [5.74, 6) is -0.806. The summed E-state index contributed by atoms with van der Waals surface area (Å²) in [4.78, 5) is 17.0. The summed E-state index contributed by atoms with van der Waals surface area (Å²) >= 11 is 0. The number of H-pyrrole nitrogens is 1. The van der Waals surface area contributed by atoms with Crippen molar-refractivity contribution in [3.8, 4) is 34.0 Å². The second-order valence-corrected chi connectivity index (χ2v) is 10.3. The third-order valence-corrected chi connectivity index (χ3v) is 5.23. The number of hydrogen-bond donors (Lipinski definition) is 2. The molecule has 3 aromatic heterocycles. The Labute approximate surface area is 212 Å². The first-order valence-electron chi connectivity index (χ1n) is 11.4. The fourth-order valence-electron chi connectivity index (χ4n) is 3.81. The minimum absolute atomic E-state index is 0.118. The molecule has 0 aliphatic carbocycles. The molecule has 3 heterocycles. The molecule has 0 unspecified atom stereocenters. The van der Waals surface area contributed by atoms with Crippen LogP contribution in [-0.2, 0) is 16.7 Å². The van der Waals surface area contributed by atoms with E-state index in [1.165, 1.54) is 18.2 Å². The number of halogens is 2. The van der Waals surface area contributed by atoms with Crippen molar-refractivity contribution in [3.63, 3.8) is 0 Å². The third-order valence-electron chi connectivity index (χ3n) is 5.23. The fraction of sp³-hybridized carbons (Fsp3) is 0.192. The first-order valence-corrected chi connectivity index (χ1v) is 13.2. The number of fused-ring (bicyclic) bond motifs is 1. The van der Waals surface area contributed by atoms with Crippen LogP contribution in [0.4, 0.5) is 8.78 Å². The minimum Gasteiger partial charge on any atom is -0.336 e. The Balaban J connectivity index is 0.000000586. The summed E-state index contributed by atoms with van der Waals surface area (Å²) in [6, 6.07) is 17.0. The zero-order chi connectivity index (χ0) is 26.7. The highest BCUT2D eigenvalue weighted by Gasteiger charge is 2.21. The number of aromatic amines is 1. The quantitative estimate of drug-likeness (QED) is 0.289. The molecule has 0 aliphatic rings. The molecule has 5 aromatic rings. The highest BCUT2D eigenvalue weighted by molar-refractivity contribution is 7.85. The SMILES string of the molecule is CC(C)Cn1cnc2ccc(-c3[nH]c(-c4c(F)cccc4F)nc3-c3ccccc3)nc21.CS(=O)(=O)O. The molecule has 5 rings (SSSR count). The van der Waals surface area contributed by atoms with E-state index in [2.05, 4.69) is 28.8 Å². The average Bonchev–Trinajstić information content (AvgIpc) is 3.43. The molecule has 0 saturated heterocycles. The summed E-state index contributed by atoms with van der Waals surface area (Å²) < 4.78 is 56.9. The van der Waals surface area contributed by atoms with Crippen LogP contribution < -0.4 is 0 Å². The van der Waals surface area contributed by atoms with Crippen LogP contribution in [0.2, 0.25) is 0 Å². The van der Waals surface area contributed by atoms with Gasteiger partial charge >= 0.3 is 0 Å². The first kappa shape index (κ1) is 26.1.